The summed E-state index contributed by atoms with van der Waals surface area (Å²) in [5.74, 6) is 1.24. The number of nitrogens with zero attached hydrogens (tertiary/aromatic N) is 1. The Kier molecular flexibility index (Phi) is 4.42. The SMILES string of the molecule is CCOc1ccc2c(c1)cc(C(=O)Nc1ccccc1OC)n2C. The highest BCUT2D eigenvalue weighted by molar-refractivity contribution is 6.07. The van der Waals surface area contributed by atoms with E-state index in [4.69, 9.17) is 9.47 Å². The molecular weight excluding hydrogens is 304 g/mol. The quantitative estimate of drug-likeness (QED) is 0.776. The van der Waals surface area contributed by atoms with Gasteiger partial charge in [-0.2, -0.15) is 0 Å². The van der Waals surface area contributed by atoms with Crippen LogP contribution in [0.4, 0.5) is 5.69 Å². The lowest BCUT2D eigenvalue weighted by molar-refractivity contribution is 0.101. The summed E-state index contributed by atoms with van der Waals surface area (Å²) in [5, 5.41) is 3.87. The highest BCUT2D eigenvalue weighted by atomic mass is 16.5. The molecule has 0 aliphatic rings. The van der Waals surface area contributed by atoms with E-state index in [1.54, 1.807) is 7.11 Å². The van der Waals surface area contributed by atoms with Gasteiger partial charge >= 0.3 is 0 Å². The molecule has 0 aliphatic heterocycles. The average molecular weight is 324 g/mol. The van der Waals surface area contributed by atoms with Gasteiger partial charge in [0.1, 0.15) is 17.2 Å². The van der Waals surface area contributed by atoms with Gasteiger partial charge in [0.05, 0.1) is 19.4 Å². The summed E-state index contributed by atoms with van der Waals surface area (Å²) >= 11 is 0. The minimum absolute atomic E-state index is 0.184. The van der Waals surface area contributed by atoms with Crippen molar-refractivity contribution >= 4 is 22.5 Å². The number of fused-ring (bicyclic) bond motifs is 1. The van der Waals surface area contributed by atoms with Crippen LogP contribution in [0.25, 0.3) is 10.9 Å². The summed E-state index contributed by atoms with van der Waals surface area (Å²) in [7, 11) is 3.46. The van der Waals surface area contributed by atoms with Crippen molar-refractivity contribution in [2.45, 2.75) is 6.92 Å². The second-order valence-corrected chi connectivity index (χ2v) is 5.40. The number of aryl methyl sites for hydroxylation is 1. The summed E-state index contributed by atoms with van der Waals surface area (Å²) in [6, 6.07) is 15.0. The van der Waals surface area contributed by atoms with Crippen LogP contribution in [0.3, 0.4) is 0 Å². The largest absolute Gasteiger partial charge is 0.495 e. The fraction of sp³-hybridized carbons (Fsp3) is 0.211. The molecule has 124 valence electrons. The van der Waals surface area contributed by atoms with Crippen LogP contribution in [0.15, 0.2) is 48.5 Å². The van der Waals surface area contributed by atoms with E-state index in [1.807, 2.05) is 67.1 Å². The molecule has 1 amide bonds. The molecule has 1 heterocycles. The van der Waals surface area contributed by atoms with Crippen molar-refractivity contribution in [2.24, 2.45) is 7.05 Å². The molecule has 2 aromatic carbocycles. The third-order valence-corrected chi connectivity index (χ3v) is 3.91. The molecule has 24 heavy (non-hydrogen) atoms. The first-order chi connectivity index (χ1) is 11.6. The number of anilines is 1. The Morgan fingerprint density at radius 2 is 1.96 bits per heavy atom. The van der Waals surface area contributed by atoms with Crippen molar-refractivity contribution in [3.8, 4) is 11.5 Å². The lowest BCUT2D eigenvalue weighted by Gasteiger charge is -2.10. The Labute approximate surface area is 140 Å². The number of carbonyl (C=O) groups excluding carboxylic acids is 1. The summed E-state index contributed by atoms with van der Waals surface area (Å²) in [5.41, 5.74) is 2.19. The first-order valence-corrected chi connectivity index (χ1v) is 7.80. The molecule has 1 N–H and O–H groups in total. The van der Waals surface area contributed by atoms with E-state index in [9.17, 15) is 4.79 Å². The van der Waals surface area contributed by atoms with Crippen LogP contribution < -0.4 is 14.8 Å². The van der Waals surface area contributed by atoms with Gasteiger partial charge in [0.15, 0.2) is 0 Å². The van der Waals surface area contributed by atoms with Crippen LogP contribution in [-0.4, -0.2) is 24.2 Å². The van der Waals surface area contributed by atoms with E-state index in [2.05, 4.69) is 5.32 Å². The number of ether oxygens (including phenoxy) is 2. The summed E-state index contributed by atoms with van der Waals surface area (Å²) < 4.78 is 12.7. The van der Waals surface area contributed by atoms with Crippen molar-refractivity contribution in [3.05, 3.63) is 54.2 Å². The highest BCUT2D eigenvalue weighted by Gasteiger charge is 2.15. The predicted molar refractivity (Wildman–Crippen MR) is 95.0 cm³/mol. The van der Waals surface area contributed by atoms with Crippen LogP contribution in [0.5, 0.6) is 11.5 Å². The molecule has 0 saturated heterocycles. The Hall–Kier alpha value is -2.95. The summed E-state index contributed by atoms with van der Waals surface area (Å²) in [6.45, 7) is 2.56. The Balaban J connectivity index is 1.93. The molecule has 0 bridgehead atoms. The number of hydrogen-bond donors (Lipinski definition) is 1. The van der Waals surface area contributed by atoms with E-state index in [1.165, 1.54) is 0 Å². The number of para-hydroxylation sites is 2. The molecule has 0 unspecified atom stereocenters. The zero-order valence-corrected chi connectivity index (χ0v) is 14.0. The van der Waals surface area contributed by atoms with Gasteiger partial charge in [-0.05, 0) is 43.3 Å². The second kappa shape index (κ2) is 6.66. The molecule has 0 fully saturated rings. The first-order valence-electron chi connectivity index (χ1n) is 7.80. The lowest BCUT2D eigenvalue weighted by Crippen LogP contribution is -2.16. The third-order valence-electron chi connectivity index (χ3n) is 3.91. The lowest BCUT2D eigenvalue weighted by atomic mass is 10.2. The number of rotatable bonds is 5. The van der Waals surface area contributed by atoms with Crippen molar-refractivity contribution in [1.82, 2.24) is 4.57 Å². The van der Waals surface area contributed by atoms with Gasteiger partial charge in [0, 0.05) is 18.0 Å². The van der Waals surface area contributed by atoms with E-state index in [0.717, 1.165) is 16.7 Å². The normalized spacial score (nSPS) is 10.6. The van der Waals surface area contributed by atoms with Crippen LogP contribution >= 0.6 is 0 Å². The summed E-state index contributed by atoms with van der Waals surface area (Å²) in [6.07, 6.45) is 0. The van der Waals surface area contributed by atoms with Crippen molar-refractivity contribution < 1.29 is 14.3 Å². The first kappa shape index (κ1) is 15.9. The second-order valence-electron chi connectivity index (χ2n) is 5.40. The number of hydrogen-bond acceptors (Lipinski definition) is 3. The number of aromatic nitrogens is 1. The molecular formula is C19H20N2O3. The number of nitrogens with one attached hydrogen (secondary N) is 1. The van der Waals surface area contributed by atoms with Crippen LogP contribution in [0.1, 0.15) is 17.4 Å². The maximum atomic E-state index is 12.7. The summed E-state index contributed by atoms with van der Waals surface area (Å²) in [4.78, 5) is 12.7. The number of benzene rings is 2. The number of methoxy groups -OCH3 is 1. The monoisotopic (exact) mass is 324 g/mol. The van der Waals surface area contributed by atoms with Gasteiger partial charge in [0.2, 0.25) is 0 Å². The van der Waals surface area contributed by atoms with Crippen molar-refractivity contribution in [1.29, 1.82) is 0 Å². The van der Waals surface area contributed by atoms with E-state index >= 15 is 0 Å². The van der Waals surface area contributed by atoms with Gasteiger partial charge < -0.3 is 19.4 Å². The van der Waals surface area contributed by atoms with Gasteiger partial charge in [0.25, 0.3) is 5.91 Å². The standard InChI is InChI=1S/C19H20N2O3/c1-4-24-14-9-10-16-13(11-14)12-17(21(16)2)19(22)20-15-7-5-6-8-18(15)23-3/h5-12H,4H2,1-3H3,(H,20,22). The van der Waals surface area contributed by atoms with Gasteiger partial charge in [-0.15, -0.1) is 0 Å². The van der Waals surface area contributed by atoms with Crippen LogP contribution in [0.2, 0.25) is 0 Å². The molecule has 0 spiro atoms. The number of carbonyl (C=O) groups is 1. The Morgan fingerprint density at radius 1 is 1.17 bits per heavy atom. The molecule has 3 aromatic rings. The smallest absolute Gasteiger partial charge is 0.272 e. The minimum atomic E-state index is -0.184. The third kappa shape index (κ3) is 2.93. The zero-order chi connectivity index (χ0) is 17.1. The number of amides is 1. The van der Waals surface area contributed by atoms with Gasteiger partial charge in [-0.3, -0.25) is 4.79 Å². The Bertz CT molecular complexity index is 883. The Morgan fingerprint density at radius 3 is 2.71 bits per heavy atom. The zero-order valence-electron chi connectivity index (χ0n) is 14.0. The van der Waals surface area contributed by atoms with E-state index in [0.29, 0.717) is 23.7 Å². The molecule has 0 saturated carbocycles. The molecule has 0 atom stereocenters. The fourth-order valence-electron chi connectivity index (χ4n) is 2.74. The molecule has 3 rings (SSSR count). The van der Waals surface area contributed by atoms with Crippen molar-refractivity contribution in [3.63, 3.8) is 0 Å². The minimum Gasteiger partial charge on any atom is -0.495 e. The maximum Gasteiger partial charge on any atom is 0.272 e. The van der Waals surface area contributed by atoms with Crippen LogP contribution in [0, 0.1) is 0 Å². The molecule has 5 nitrogen and oxygen atoms in total. The molecule has 0 radical (unpaired) electrons. The van der Waals surface area contributed by atoms with Gasteiger partial charge in [-0.1, -0.05) is 12.1 Å². The maximum absolute atomic E-state index is 12.7. The fourth-order valence-corrected chi connectivity index (χ4v) is 2.74. The highest BCUT2D eigenvalue weighted by Crippen LogP contribution is 2.27. The molecule has 0 aliphatic carbocycles. The molecule has 5 heteroatoms. The van der Waals surface area contributed by atoms with Crippen LogP contribution in [-0.2, 0) is 7.05 Å². The predicted octanol–water partition coefficient (Wildman–Crippen LogP) is 3.84. The van der Waals surface area contributed by atoms with Crippen molar-refractivity contribution in [2.75, 3.05) is 19.0 Å². The molecule has 1 aromatic heterocycles. The van der Waals surface area contributed by atoms with E-state index in [-0.39, 0.29) is 5.91 Å². The topological polar surface area (TPSA) is 52.5 Å². The van der Waals surface area contributed by atoms with Gasteiger partial charge in [-0.25, -0.2) is 0 Å². The average Bonchev–Trinajstić information content (AvgIpc) is 2.92. The van der Waals surface area contributed by atoms with E-state index < -0.39 is 0 Å².